The molecule has 0 unspecified atom stereocenters. The Hall–Kier alpha value is -1.85. The van der Waals surface area contributed by atoms with Crippen LogP contribution in [0.3, 0.4) is 0 Å². The third-order valence-electron chi connectivity index (χ3n) is 3.36. The summed E-state index contributed by atoms with van der Waals surface area (Å²) in [5.74, 6) is 0.864. The molecule has 0 aliphatic rings. The van der Waals surface area contributed by atoms with Crippen molar-refractivity contribution in [3.63, 3.8) is 0 Å². The van der Waals surface area contributed by atoms with Crippen LogP contribution in [-0.4, -0.2) is 38.2 Å². The van der Waals surface area contributed by atoms with E-state index in [1.54, 1.807) is 25.6 Å². The molecule has 0 spiro atoms. The van der Waals surface area contributed by atoms with Gasteiger partial charge in [0.05, 0.1) is 20.1 Å². The number of hydrogen-bond donors (Lipinski definition) is 0. The second kappa shape index (κ2) is 8.56. The Labute approximate surface area is 135 Å². The van der Waals surface area contributed by atoms with Gasteiger partial charge < -0.3 is 14.4 Å². The highest BCUT2D eigenvalue weighted by Gasteiger charge is 2.15. The first-order valence-electron chi connectivity index (χ1n) is 7.13. The van der Waals surface area contributed by atoms with Gasteiger partial charge in [-0.3, -0.25) is 4.79 Å². The van der Waals surface area contributed by atoms with Crippen molar-refractivity contribution in [2.75, 3.05) is 27.4 Å². The summed E-state index contributed by atoms with van der Waals surface area (Å²) in [6.45, 7) is 1.75. The summed E-state index contributed by atoms with van der Waals surface area (Å²) in [7, 11) is 3.28. The maximum atomic E-state index is 12.6. The van der Waals surface area contributed by atoms with Crippen LogP contribution < -0.4 is 4.74 Å². The van der Waals surface area contributed by atoms with Crippen molar-refractivity contribution >= 4 is 17.2 Å². The van der Waals surface area contributed by atoms with Gasteiger partial charge in [-0.05, 0) is 40.1 Å². The van der Waals surface area contributed by atoms with E-state index in [0.29, 0.717) is 26.1 Å². The highest BCUT2D eigenvalue weighted by atomic mass is 32.1. The number of methoxy groups -OCH3 is 2. The van der Waals surface area contributed by atoms with Crippen molar-refractivity contribution in [2.45, 2.75) is 13.0 Å². The Morgan fingerprint density at radius 3 is 2.77 bits per heavy atom. The Bertz CT molecular complexity index is 583. The van der Waals surface area contributed by atoms with Gasteiger partial charge in [0.15, 0.2) is 0 Å². The van der Waals surface area contributed by atoms with Crippen LogP contribution in [-0.2, 0) is 22.5 Å². The van der Waals surface area contributed by atoms with E-state index in [1.165, 1.54) is 0 Å². The average molecular weight is 319 g/mol. The van der Waals surface area contributed by atoms with Crippen molar-refractivity contribution in [1.29, 1.82) is 0 Å². The van der Waals surface area contributed by atoms with Gasteiger partial charge in [-0.25, -0.2) is 0 Å². The first-order chi connectivity index (χ1) is 10.7. The molecule has 1 aromatic carbocycles. The van der Waals surface area contributed by atoms with E-state index < -0.39 is 0 Å². The molecule has 118 valence electrons. The second-order valence-corrected chi connectivity index (χ2v) is 5.75. The van der Waals surface area contributed by atoms with Gasteiger partial charge in [-0.15, -0.1) is 0 Å². The molecule has 0 aliphatic carbocycles. The lowest BCUT2D eigenvalue weighted by molar-refractivity contribution is -0.131. The summed E-state index contributed by atoms with van der Waals surface area (Å²) in [6.07, 6.45) is 0.366. The Kier molecular flexibility index (Phi) is 6.43. The normalized spacial score (nSPS) is 10.5. The molecular formula is C17H21NO3S. The summed E-state index contributed by atoms with van der Waals surface area (Å²) in [4.78, 5) is 14.4. The van der Waals surface area contributed by atoms with E-state index in [0.717, 1.165) is 16.9 Å². The van der Waals surface area contributed by atoms with E-state index in [2.05, 4.69) is 5.38 Å². The van der Waals surface area contributed by atoms with Crippen molar-refractivity contribution in [1.82, 2.24) is 4.90 Å². The zero-order valence-corrected chi connectivity index (χ0v) is 13.8. The molecule has 1 amide bonds. The van der Waals surface area contributed by atoms with Crippen molar-refractivity contribution < 1.29 is 14.3 Å². The SMILES string of the molecule is COCCN(Cc1ccsc1)C(=O)Cc1cccc(OC)c1. The molecule has 0 atom stereocenters. The zero-order valence-electron chi connectivity index (χ0n) is 13.0. The van der Waals surface area contributed by atoms with Crippen molar-refractivity contribution in [3.05, 3.63) is 52.2 Å². The zero-order chi connectivity index (χ0) is 15.8. The molecule has 0 radical (unpaired) electrons. The highest BCUT2D eigenvalue weighted by Crippen LogP contribution is 2.15. The minimum absolute atomic E-state index is 0.0940. The average Bonchev–Trinajstić information content (AvgIpc) is 3.04. The fourth-order valence-corrected chi connectivity index (χ4v) is 2.83. The van der Waals surface area contributed by atoms with Gasteiger partial charge in [0, 0.05) is 20.2 Å². The molecule has 0 saturated heterocycles. The summed E-state index contributed by atoms with van der Waals surface area (Å²) in [6, 6.07) is 9.67. The van der Waals surface area contributed by atoms with Gasteiger partial charge in [0.1, 0.15) is 5.75 Å². The third kappa shape index (κ3) is 4.86. The number of benzene rings is 1. The number of hydrogen-bond acceptors (Lipinski definition) is 4. The molecule has 0 fully saturated rings. The number of carbonyl (C=O) groups is 1. The summed E-state index contributed by atoms with van der Waals surface area (Å²) in [5, 5.41) is 4.09. The van der Waals surface area contributed by atoms with Crippen LogP contribution in [0.4, 0.5) is 0 Å². The van der Waals surface area contributed by atoms with E-state index in [4.69, 9.17) is 9.47 Å². The number of ether oxygens (including phenoxy) is 2. The molecule has 0 bridgehead atoms. The summed E-state index contributed by atoms with van der Waals surface area (Å²) >= 11 is 1.64. The monoisotopic (exact) mass is 319 g/mol. The van der Waals surface area contributed by atoms with Crippen LogP contribution in [0.15, 0.2) is 41.1 Å². The molecule has 5 heteroatoms. The minimum atomic E-state index is 0.0940. The lowest BCUT2D eigenvalue weighted by atomic mass is 10.1. The lowest BCUT2D eigenvalue weighted by Crippen LogP contribution is -2.34. The van der Waals surface area contributed by atoms with E-state index >= 15 is 0 Å². The molecule has 1 heterocycles. The molecule has 22 heavy (non-hydrogen) atoms. The minimum Gasteiger partial charge on any atom is -0.497 e. The fourth-order valence-electron chi connectivity index (χ4n) is 2.17. The molecule has 2 aromatic rings. The van der Waals surface area contributed by atoms with Crippen molar-refractivity contribution in [2.24, 2.45) is 0 Å². The maximum absolute atomic E-state index is 12.6. The standard InChI is InChI=1S/C17H21NO3S/c1-20-8-7-18(12-15-6-9-22-13-15)17(19)11-14-4-3-5-16(10-14)21-2/h3-6,9-10,13H,7-8,11-12H2,1-2H3. The first-order valence-corrected chi connectivity index (χ1v) is 8.08. The van der Waals surface area contributed by atoms with Gasteiger partial charge in [-0.2, -0.15) is 11.3 Å². The number of carbonyl (C=O) groups excluding carboxylic acids is 1. The van der Waals surface area contributed by atoms with E-state index in [-0.39, 0.29) is 5.91 Å². The van der Waals surface area contributed by atoms with E-state index in [1.807, 2.05) is 40.6 Å². The number of nitrogens with zero attached hydrogens (tertiary/aromatic N) is 1. The lowest BCUT2D eigenvalue weighted by Gasteiger charge is -2.22. The molecule has 1 aromatic heterocycles. The quantitative estimate of drug-likeness (QED) is 0.751. The third-order valence-corrected chi connectivity index (χ3v) is 4.09. The second-order valence-electron chi connectivity index (χ2n) is 4.97. The van der Waals surface area contributed by atoms with Crippen LogP contribution >= 0.6 is 11.3 Å². The molecule has 4 nitrogen and oxygen atoms in total. The Morgan fingerprint density at radius 2 is 2.09 bits per heavy atom. The predicted octanol–water partition coefficient (Wildman–Crippen LogP) is 2.97. The van der Waals surface area contributed by atoms with Gasteiger partial charge in [-0.1, -0.05) is 12.1 Å². The number of thiophene rings is 1. The molecule has 0 N–H and O–H groups in total. The van der Waals surface area contributed by atoms with Crippen LogP contribution in [0.25, 0.3) is 0 Å². The summed E-state index contributed by atoms with van der Waals surface area (Å²) in [5.41, 5.74) is 2.11. The van der Waals surface area contributed by atoms with Crippen molar-refractivity contribution in [3.8, 4) is 5.75 Å². The first kappa shape index (κ1) is 16.5. The van der Waals surface area contributed by atoms with Gasteiger partial charge >= 0.3 is 0 Å². The van der Waals surface area contributed by atoms with Crippen LogP contribution in [0, 0.1) is 0 Å². The highest BCUT2D eigenvalue weighted by molar-refractivity contribution is 7.07. The van der Waals surface area contributed by atoms with Gasteiger partial charge in [0.2, 0.25) is 5.91 Å². The summed E-state index contributed by atoms with van der Waals surface area (Å²) < 4.78 is 10.3. The Balaban J connectivity index is 2.03. The van der Waals surface area contributed by atoms with Gasteiger partial charge in [0.25, 0.3) is 0 Å². The molecule has 0 saturated carbocycles. The smallest absolute Gasteiger partial charge is 0.227 e. The number of rotatable bonds is 8. The molecule has 0 aliphatic heterocycles. The number of amides is 1. The predicted molar refractivity (Wildman–Crippen MR) is 88.3 cm³/mol. The van der Waals surface area contributed by atoms with Crippen LogP contribution in [0.1, 0.15) is 11.1 Å². The topological polar surface area (TPSA) is 38.8 Å². The maximum Gasteiger partial charge on any atom is 0.227 e. The van der Waals surface area contributed by atoms with E-state index in [9.17, 15) is 4.79 Å². The largest absolute Gasteiger partial charge is 0.497 e. The van der Waals surface area contributed by atoms with Crippen LogP contribution in [0.5, 0.6) is 5.75 Å². The Morgan fingerprint density at radius 1 is 1.23 bits per heavy atom. The molecule has 2 rings (SSSR count). The van der Waals surface area contributed by atoms with Crippen LogP contribution in [0.2, 0.25) is 0 Å². The fraction of sp³-hybridized carbons (Fsp3) is 0.353. The molecular weight excluding hydrogens is 298 g/mol.